The third-order valence-electron chi connectivity index (χ3n) is 4.35. The van der Waals surface area contributed by atoms with Crippen molar-refractivity contribution in [1.29, 1.82) is 0 Å². The van der Waals surface area contributed by atoms with Crippen molar-refractivity contribution in [1.82, 2.24) is 0 Å². The monoisotopic (exact) mass is 248 g/mol. The highest BCUT2D eigenvalue weighted by molar-refractivity contribution is 5.88. The molecule has 18 heavy (non-hydrogen) atoms. The normalized spacial score (nSPS) is 31.5. The van der Waals surface area contributed by atoms with E-state index in [1.165, 1.54) is 7.11 Å². The summed E-state index contributed by atoms with van der Waals surface area (Å²) in [4.78, 5) is 11.6. The van der Waals surface area contributed by atoms with E-state index in [2.05, 4.69) is 33.6 Å². The van der Waals surface area contributed by atoms with Gasteiger partial charge in [0.05, 0.1) is 7.11 Å². The molecule has 0 heterocycles. The second-order valence-electron chi connectivity index (χ2n) is 5.60. The summed E-state index contributed by atoms with van der Waals surface area (Å²) in [5.74, 6) is 0.269. The van der Waals surface area contributed by atoms with Crippen LogP contribution in [-0.4, -0.2) is 13.1 Å². The summed E-state index contributed by atoms with van der Waals surface area (Å²) in [6.45, 7) is 16.2. The van der Waals surface area contributed by atoms with Crippen molar-refractivity contribution < 1.29 is 9.53 Å². The molecular weight excluding hydrogens is 224 g/mol. The molecule has 0 aromatic rings. The molecule has 1 aliphatic rings. The Balaban J connectivity index is 2.88. The van der Waals surface area contributed by atoms with Gasteiger partial charge in [-0.15, -0.1) is 6.58 Å². The number of ether oxygens (including phenoxy) is 1. The van der Waals surface area contributed by atoms with E-state index in [9.17, 15) is 4.79 Å². The third-order valence-corrected chi connectivity index (χ3v) is 4.35. The quantitative estimate of drug-likeness (QED) is 0.428. The average molecular weight is 248 g/mol. The lowest BCUT2D eigenvalue weighted by atomic mass is 9.61. The minimum atomic E-state index is -0.289. The zero-order chi connectivity index (χ0) is 13.9. The molecule has 3 atom stereocenters. The fraction of sp³-hybridized carbons (Fsp3) is 0.562. The molecule has 1 unspecified atom stereocenters. The smallest absolute Gasteiger partial charge is 0.333 e. The Morgan fingerprint density at radius 1 is 1.44 bits per heavy atom. The number of hydrogen-bond donors (Lipinski definition) is 0. The molecule has 2 heteroatoms. The summed E-state index contributed by atoms with van der Waals surface area (Å²) in [5.41, 5.74) is 1.83. The van der Waals surface area contributed by atoms with Gasteiger partial charge in [0.15, 0.2) is 0 Å². The molecule has 0 amide bonds. The Morgan fingerprint density at radius 3 is 2.50 bits per heavy atom. The molecule has 1 saturated carbocycles. The van der Waals surface area contributed by atoms with Gasteiger partial charge in [-0.1, -0.05) is 31.7 Å². The number of carbonyl (C=O) groups is 1. The molecule has 0 aromatic heterocycles. The summed E-state index contributed by atoms with van der Waals surface area (Å²) < 4.78 is 4.76. The van der Waals surface area contributed by atoms with E-state index in [0.29, 0.717) is 11.5 Å². The van der Waals surface area contributed by atoms with E-state index in [4.69, 9.17) is 4.74 Å². The van der Waals surface area contributed by atoms with Crippen LogP contribution < -0.4 is 0 Å². The van der Waals surface area contributed by atoms with Crippen molar-refractivity contribution in [3.63, 3.8) is 0 Å². The van der Waals surface area contributed by atoms with Crippen LogP contribution in [0.4, 0.5) is 0 Å². The maximum absolute atomic E-state index is 11.6. The van der Waals surface area contributed by atoms with Gasteiger partial charge in [-0.05, 0) is 43.4 Å². The predicted octanol–water partition coefficient (Wildman–Crippen LogP) is 3.90. The molecule has 0 radical (unpaired) electrons. The fourth-order valence-electron chi connectivity index (χ4n) is 2.95. The largest absolute Gasteiger partial charge is 0.466 e. The number of carbonyl (C=O) groups excluding carboxylic acids is 1. The molecule has 1 rings (SSSR count). The Morgan fingerprint density at radius 2 is 2.06 bits per heavy atom. The van der Waals surface area contributed by atoms with E-state index in [1.54, 1.807) is 0 Å². The summed E-state index contributed by atoms with van der Waals surface area (Å²) in [6.07, 6.45) is 4.91. The first-order valence-electron chi connectivity index (χ1n) is 6.41. The van der Waals surface area contributed by atoms with Crippen molar-refractivity contribution in [3.05, 3.63) is 37.0 Å². The van der Waals surface area contributed by atoms with E-state index in [-0.39, 0.29) is 17.3 Å². The van der Waals surface area contributed by atoms with Crippen LogP contribution in [0.15, 0.2) is 37.0 Å². The van der Waals surface area contributed by atoms with Gasteiger partial charge >= 0.3 is 5.97 Å². The van der Waals surface area contributed by atoms with E-state index in [1.807, 2.05) is 6.08 Å². The molecule has 0 aliphatic heterocycles. The van der Waals surface area contributed by atoms with Crippen LogP contribution in [0.2, 0.25) is 0 Å². The maximum Gasteiger partial charge on any atom is 0.333 e. The topological polar surface area (TPSA) is 26.3 Å². The van der Waals surface area contributed by atoms with Crippen LogP contribution in [0.3, 0.4) is 0 Å². The minimum absolute atomic E-state index is 0.0821. The molecule has 0 spiro atoms. The standard InChI is InChI=1S/C16H24O2/c1-7-16(5)9-8-13(10-14(16)11(2)3)12(4)15(17)18-6/h7,13-14H,1-2,4,8-10H2,3,5-6H3/t13-,14?,16-/m1/s1. The average Bonchev–Trinajstić information content (AvgIpc) is 2.37. The highest BCUT2D eigenvalue weighted by atomic mass is 16.5. The van der Waals surface area contributed by atoms with Gasteiger partial charge in [-0.25, -0.2) is 4.79 Å². The lowest BCUT2D eigenvalue weighted by molar-refractivity contribution is -0.137. The van der Waals surface area contributed by atoms with Gasteiger partial charge in [0.2, 0.25) is 0 Å². The van der Waals surface area contributed by atoms with Crippen molar-refractivity contribution in [3.8, 4) is 0 Å². The summed E-state index contributed by atoms with van der Waals surface area (Å²) in [6, 6.07) is 0. The van der Waals surface area contributed by atoms with Crippen LogP contribution >= 0.6 is 0 Å². The summed E-state index contributed by atoms with van der Waals surface area (Å²) in [7, 11) is 1.40. The molecule has 1 aliphatic carbocycles. The zero-order valence-electron chi connectivity index (χ0n) is 11.8. The molecule has 0 saturated heterocycles. The molecule has 0 bridgehead atoms. The van der Waals surface area contributed by atoms with Crippen molar-refractivity contribution in [2.45, 2.75) is 33.1 Å². The second kappa shape index (κ2) is 5.55. The SMILES string of the molecule is C=C[C@]1(C)CC[C@@H](C(=C)C(=O)OC)CC1C(=C)C. The lowest BCUT2D eigenvalue weighted by Gasteiger charge is -2.43. The number of methoxy groups -OCH3 is 1. The summed E-state index contributed by atoms with van der Waals surface area (Å²) >= 11 is 0. The van der Waals surface area contributed by atoms with Gasteiger partial charge in [0.1, 0.15) is 0 Å². The zero-order valence-corrected chi connectivity index (χ0v) is 11.8. The minimum Gasteiger partial charge on any atom is -0.466 e. The first-order valence-corrected chi connectivity index (χ1v) is 6.41. The Hall–Kier alpha value is -1.31. The van der Waals surface area contributed by atoms with E-state index >= 15 is 0 Å². The number of esters is 1. The fourth-order valence-corrected chi connectivity index (χ4v) is 2.95. The van der Waals surface area contributed by atoms with Crippen LogP contribution in [-0.2, 0) is 9.53 Å². The molecule has 2 nitrogen and oxygen atoms in total. The first kappa shape index (κ1) is 14.7. The van der Waals surface area contributed by atoms with Crippen LogP contribution in [0.1, 0.15) is 33.1 Å². The van der Waals surface area contributed by atoms with Gasteiger partial charge in [0.25, 0.3) is 0 Å². The van der Waals surface area contributed by atoms with Crippen molar-refractivity contribution in [2.75, 3.05) is 7.11 Å². The van der Waals surface area contributed by atoms with Gasteiger partial charge in [0, 0.05) is 5.57 Å². The van der Waals surface area contributed by atoms with Crippen LogP contribution in [0, 0.1) is 17.3 Å². The Kier molecular flexibility index (Phi) is 4.55. The van der Waals surface area contributed by atoms with Crippen LogP contribution in [0.25, 0.3) is 0 Å². The number of allylic oxidation sites excluding steroid dienone is 2. The molecular formula is C16H24O2. The Labute approximate surface area is 110 Å². The number of hydrogen-bond acceptors (Lipinski definition) is 2. The highest BCUT2D eigenvalue weighted by Crippen LogP contribution is 2.48. The van der Waals surface area contributed by atoms with Gasteiger partial charge < -0.3 is 4.74 Å². The molecule has 0 aromatic carbocycles. The molecule has 0 N–H and O–H groups in total. The predicted molar refractivity (Wildman–Crippen MR) is 75.1 cm³/mol. The lowest BCUT2D eigenvalue weighted by Crippen LogP contribution is -2.34. The second-order valence-corrected chi connectivity index (χ2v) is 5.60. The van der Waals surface area contributed by atoms with Crippen molar-refractivity contribution in [2.24, 2.45) is 17.3 Å². The summed E-state index contributed by atoms with van der Waals surface area (Å²) in [5, 5.41) is 0. The third kappa shape index (κ3) is 2.74. The van der Waals surface area contributed by atoms with Crippen molar-refractivity contribution >= 4 is 5.97 Å². The maximum atomic E-state index is 11.6. The Bertz CT molecular complexity index is 381. The first-order chi connectivity index (χ1) is 8.35. The highest BCUT2D eigenvalue weighted by Gasteiger charge is 2.39. The van der Waals surface area contributed by atoms with Gasteiger partial charge in [-0.3, -0.25) is 0 Å². The molecule has 100 valence electrons. The molecule has 1 fully saturated rings. The van der Waals surface area contributed by atoms with Crippen LogP contribution in [0.5, 0.6) is 0 Å². The van der Waals surface area contributed by atoms with Gasteiger partial charge in [-0.2, -0.15) is 0 Å². The van der Waals surface area contributed by atoms with E-state index < -0.39 is 0 Å². The van der Waals surface area contributed by atoms with E-state index in [0.717, 1.165) is 24.8 Å². The number of rotatable bonds is 4.